The normalized spacial score (nSPS) is 11.8. The van der Waals surface area contributed by atoms with Crippen molar-refractivity contribution in [1.29, 1.82) is 0 Å². The quantitative estimate of drug-likeness (QED) is 0.210. The number of halogens is 1. The molecule has 0 bridgehead atoms. The number of hydrogen-bond acceptors (Lipinski definition) is 5. The molecule has 192 valence electrons. The Hall–Kier alpha value is -4.27. The first-order valence-corrected chi connectivity index (χ1v) is 13.0. The molecule has 0 spiro atoms. The van der Waals surface area contributed by atoms with Crippen molar-refractivity contribution in [2.24, 2.45) is 4.99 Å². The molecule has 2 aromatic heterocycles. The van der Waals surface area contributed by atoms with E-state index < -0.39 is 5.82 Å². The van der Waals surface area contributed by atoms with E-state index in [2.05, 4.69) is 15.2 Å². The lowest BCUT2D eigenvalue weighted by molar-refractivity contribution is 0.0955. The number of hydrogen-bond donors (Lipinski definition) is 3. The third-order valence-corrected chi connectivity index (χ3v) is 6.92. The van der Waals surface area contributed by atoms with E-state index in [0.29, 0.717) is 33.6 Å². The molecule has 0 saturated heterocycles. The number of nitrogens with zero attached hydrogens (tertiary/aromatic N) is 2. The van der Waals surface area contributed by atoms with Crippen LogP contribution >= 0.6 is 11.3 Å². The van der Waals surface area contributed by atoms with Crippen LogP contribution in [-0.4, -0.2) is 40.7 Å². The van der Waals surface area contributed by atoms with Crippen LogP contribution < -0.4 is 5.32 Å². The van der Waals surface area contributed by atoms with Crippen molar-refractivity contribution in [1.82, 2.24) is 15.2 Å². The van der Waals surface area contributed by atoms with Crippen molar-refractivity contribution >= 4 is 39.5 Å². The number of aromatic hydroxyl groups is 1. The Labute approximate surface area is 224 Å². The Morgan fingerprint density at radius 2 is 1.84 bits per heavy atom. The minimum Gasteiger partial charge on any atom is -0.494 e. The summed E-state index contributed by atoms with van der Waals surface area (Å²) in [6.45, 7) is 1.15. The number of aromatic amines is 1. The van der Waals surface area contributed by atoms with Crippen molar-refractivity contribution < 1.29 is 14.3 Å². The first-order valence-electron chi connectivity index (χ1n) is 12.1. The molecule has 2 heterocycles. The minimum atomic E-state index is -0.399. The fraction of sp³-hybridized carbons (Fsp3) is 0.133. The van der Waals surface area contributed by atoms with Gasteiger partial charge in [0.25, 0.3) is 5.91 Å². The maximum absolute atomic E-state index is 13.9. The molecule has 0 aliphatic heterocycles. The standard InChI is InChI=1S/C30H27FN4O2S/c1-35(2)18-19-8-11-23(12-9-19)33-28(27-24-13-10-22(31)16-25(24)34-30(27)37)21-6-3-5-20(15-21)17-32-29(36)26-7-4-14-38-26/h3-16,34,37H,17-18H2,1-2H3,(H,32,36). The topological polar surface area (TPSA) is 80.7 Å². The van der Waals surface area contributed by atoms with Gasteiger partial charge >= 0.3 is 0 Å². The van der Waals surface area contributed by atoms with Crippen molar-refractivity contribution in [3.8, 4) is 5.88 Å². The zero-order valence-electron chi connectivity index (χ0n) is 21.0. The number of carbonyl (C=O) groups excluding carboxylic acids is 1. The van der Waals surface area contributed by atoms with Crippen LogP contribution in [0.1, 0.15) is 31.9 Å². The fourth-order valence-electron chi connectivity index (χ4n) is 4.34. The van der Waals surface area contributed by atoms with E-state index in [9.17, 15) is 14.3 Å². The van der Waals surface area contributed by atoms with Gasteiger partial charge in [0.05, 0.1) is 27.4 Å². The minimum absolute atomic E-state index is 0.0926. The Bertz CT molecular complexity index is 1610. The van der Waals surface area contributed by atoms with Gasteiger partial charge in [0, 0.05) is 24.0 Å². The highest BCUT2D eigenvalue weighted by Crippen LogP contribution is 2.32. The van der Waals surface area contributed by atoms with E-state index in [-0.39, 0.29) is 11.8 Å². The van der Waals surface area contributed by atoms with E-state index >= 15 is 0 Å². The van der Waals surface area contributed by atoms with Gasteiger partial charge in [-0.15, -0.1) is 11.3 Å². The Kier molecular flexibility index (Phi) is 7.35. The SMILES string of the molecule is CN(C)Cc1ccc(N=C(c2cccc(CNC(=O)c3cccs3)c2)c2c(O)[nH]c3cc(F)ccc23)cc1. The highest BCUT2D eigenvalue weighted by Gasteiger charge is 2.19. The third kappa shape index (κ3) is 5.66. The van der Waals surface area contributed by atoms with Crippen molar-refractivity contribution in [3.63, 3.8) is 0 Å². The fourth-order valence-corrected chi connectivity index (χ4v) is 4.98. The monoisotopic (exact) mass is 526 g/mol. The molecule has 3 N–H and O–H groups in total. The molecule has 0 atom stereocenters. The summed E-state index contributed by atoms with van der Waals surface area (Å²) in [6.07, 6.45) is 0. The summed E-state index contributed by atoms with van der Waals surface area (Å²) in [5.41, 5.74) is 5.01. The van der Waals surface area contributed by atoms with Crippen LogP contribution in [0.4, 0.5) is 10.1 Å². The predicted molar refractivity (Wildman–Crippen MR) is 151 cm³/mol. The molecule has 38 heavy (non-hydrogen) atoms. The molecule has 5 rings (SSSR count). The molecular weight excluding hydrogens is 499 g/mol. The number of carbonyl (C=O) groups is 1. The van der Waals surface area contributed by atoms with Crippen LogP contribution in [0.25, 0.3) is 10.9 Å². The van der Waals surface area contributed by atoms with Crippen LogP contribution in [0.3, 0.4) is 0 Å². The Balaban J connectivity index is 1.55. The maximum atomic E-state index is 13.9. The zero-order valence-corrected chi connectivity index (χ0v) is 21.8. The number of fused-ring (bicyclic) bond motifs is 1. The number of nitrogens with one attached hydrogen (secondary N) is 2. The molecule has 3 aromatic carbocycles. The van der Waals surface area contributed by atoms with Gasteiger partial charge in [0.2, 0.25) is 0 Å². The van der Waals surface area contributed by atoms with Crippen LogP contribution in [0, 0.1) is 5.82 Å². The molecule has 0 radical (unpaired) electrons. The third-order valence-electron chi connectivity index (χ3n) is 6.05. The van der Waals surface area contributed by atoms with E-state index in [1.165, 1.54) is 23.5 Å². The van der Waals surface area contributed by atoms with Crippen molar-refractivity contribution in [2.75, 3.05) is 14.1 Å². The molecule has 1 amide bonds. The number of amides is 1. The highest BCUT2D eigenvalue weighted by atomic mass is 32.1. The molecule has 8 heteroatoms. The number of thiophene rings is 1. The number of aliphatic imine (C=N–C) groups is 1. The van der Waals surface area contributed by atoms with Crippen LogP contribution in [0.5, 0.6) is 5.88 Å². The number of benzene rings is 3. The second-order valence-electron chi connectivity index (χ2n) is 9.26. The Morgan fingerprint density at radius 3 is 2.58 bits per heavy atom. The van der Waals surface area contributed by atoms with Crippen LogP contribution in [-0.2, 0) is 13.1 Å². The van der Waals surface area contributed by atoms with Gasteiger partial charge in [-0.25, -0.2) is 9.38 Å². The van der Waals surface area contributed by atoms with Gasteiger partial charge in [-0.3, -0.25) is 4.79 Å². The smallest absolute Gasteiger partial charge is 0.261 e. The van der Waals surface area contributed by atoms with Crippen molar-refractivity contribution in [3.05, 3.63) is 117 Å². The highest BCUT2D eigenvalue weighted by molar-refractivity contribution is 7.12. The summed E-state index contributed by atoms with van der Waals surface area (Å²) < 4.78 is 13.9. The average Bonchev–Trinajstić information content (AvgIpc) is 3.54. The van der Waals surface area contributed by atoms with E-state index in [4.69, 9.17) is 4.99 Å². The van der Waals surface area contributed by atoms with Gasteiger partial charge in [-0.05, 0) is 73.1 Å². The molecule has 0 aliphatic rings. The first-order chi connectivity index (χ1) is 18.4. The molecule has 0 unspecified atom stereocenters. The number of rotatable bonds is 8. The lowest BCUT2D eigenvalue weighted by atomic mass is 9.99. The number of aromatic nitrogens is 1. The Morgan fingerprint density at radius 1 is 1.03 bits per heavy atom. The van der Waals surface area contributed by atoms with Crippen molar-refractivity contribution in [2.45, 2.75) is 13.1 Å². The van der Waals surface area contributed by atoms with Gasteiger partial charge in [-0.2, -0.15) is 0 Å². The summed E-state index contributed by atoms with van der Waals surface area (Å²) in [7, 11) is 4.03. The second kappa shape index (κ2) is 11.0. The van der Waals surface area contributed by atoms with Gasteiger partial charge < -0.3 is 20.3 Å². The molecule has 6 nitrogen and oxygen atoms in total. The van der Waals surface area contributed by atoms with Gasteiger partial charge in [0.15, 0.2) is 5.88 Å². The maximum Gasteiger partial charge on any atom is 0.261 e. The summed E-state index contributed by atoms with van der Waals surface area (Å²) in [5.74, 6) is -0.623. The molecule has 0 aliphatic carbocycles. The summed E-state index contributed by atoms with van der Waals surface area (Å²) >= 11 is 1.39. The molecule has 0 fully saturated rings. The number of H-pyrrole nitrogens is 1. The largest absolute Gasteiger partial charge is 0.494 e. The second-order valence-corrected chi connectivity index (χ2v) is 10.2. The van der Waals surface area contributed by atoms with Gasteiger partial charge in [-0.1, -0.05) is 36.4 Å². The molecular formula is C30H27FN4O2S. The van der Waals surface area contributed by atoms with E-state index in [1.807, 2.05) is 74.1 Å². The summed E-state index contributed by atoms with van der Waals surface area (Å²) in [6, 6.07) is 23.6. The molecule has 5 aromatic rings. The summed E-state index contributed by atoms with van der Waals surface area (Å²) in [4.78, 5) is 23.0. The average molecular weight is 527 g/mol. The molecule has 0 saturated carbocycles. The zero-order chi connectivity index (χ0) is 26.6. The first kappa shape index (κ1) is 25.4. The lowest BCUT2D eigenvalue weighted by Gasteiger charge is -2.12. The predicted octanol–water partition coefficient (Wildman–Crippen LogP) is 6.23. The van der Waals surface area contributed by atoms with E-state index in [0.717, 1.165) is 28.9 Å². The van der Waals surface area contributed by atoms with E-state index in [1.54, 1.807) is 12.1 Å². The van der Waals surface area contributed by atoms with Gasteiger partial charge in [0.1, 0.15) is 5.82 Å². The summed E-state index contributed by atoms with van der Waals surface area (Å²) in [5, 5.41) is 16.4. The lowest BCUT2D eigenvalue weighted by Crippen LogP contribution is -2.21. The van der Waals surface area contributed by atoms with Crippen LogP contribution in [0.15, 0.2) is 89.2 Å². The van der Waals surface area contributed by atoms with Crippen LogP contribution in [0.2, 0.25) is 0 Å².